The number of nitrogens with zero attached hydrogens (tertiary/aromatic N) is 4. The van der Waals surface area contributed by atoms with E-state index < -0.39 is 0 Å². The second-order valence-corrected chi connectivity index (χ2v) is 4.15. The first-order valence-corrected chi connectivity index (χ1v) is 5.32. The number of aromatic nitrogens is 3. The molecule has 82 valence electrons. The maximum Gasteiger partial charge on any atom is 0.158 e. The summed E-state index contributed by atoms with van der Waals surface area (Å²) >= 11 is 5.85. The Balaban J connectivity index is 2.13. The van der Waals surface area contributed by atoms with Crippen molar-refractivity contribution < 1.29 is 5.11 Å². The van der Waals surface area contributed by atoms with Gasteiger partial charge in [-0.3, -0.25) is 0 Å². The van der Waals surface area contributed by atoms with Crippen LogP contribution in [0.3, 0.4) is 0 Å². The van der Waals surface area contributed by atoms with Crippen LogP contribution in [0.25, 0.3) is 11.0 Å². The minimum Gasteiger partial charge on any atom is -0.389 e. The normalized spacial score (nSPS) is 16.5. The molecule has 0 aromatic carbocycles. The Morgan fingerprint density at radius 2 is 2.12 bits per heavy atom. The van der Waals surface area contributed by atoms with Crippen LogP contribution < -0.4 is 4.90 Å². The van der Waals surface area contributed by atoms with E-state index in [2.05, 4.69) is 15.0 Å². The molecule has 3 heterocycles. The summed E-state index contributed by atoms with van der Waals surface area (Å²) in [5.74, 6) is 0.734. The van der Waals surface area contributed by atoms with E-state index in [9.17, 15) is 5.11 Å². The molecule has 3 rings (SSSR count). The van der Waals surface area contributed by atoms with E-state index in [1.54, 1.807) is 6.07 Å². The molecule has 1 saturated heterocycles. The molecule has 0 amide bonds. The van der Waals surface area contributed by atoms with Crippen molar-refractivity contribution in [2.75, 3.05) is 18.0 Å². The highest BCUT2D eigenvalue weighted by atomic mass is 35.5. The molecule has 0 unspecified atom stereocenters. The predicted octanol–water partition coefficient (Wildman–Crippen LogP) is 0.859. The molecule has 5 nitrogen and oxygen atoms in total. The van der Waals surface area contributed by atoms with Crippen molar-refractivity contribution in [3.63, 3.8) is 0 Å². The first kappa shape index (κ1) is 9.74. The summed E-state index contributed by atoms with van der Waals surface area (Å²) in [6, 6.07) is 3.51. The van der Waals surface area contributed by atoms with Gasteiger partial charge in [-0.25, -0.2) is 15.0 Å². The Labute approximate surface area is 96.7 Å². The van der Waals surface area contributed by atoms with Gasteiger partial charge in [0.2, 0.25) is 0 Å². The summed E-state index contributed by atoms with van der Waals surface area (Å²) in [4.78, 5) is 14.5. The molecule has 1 fully saturated rings. The van der Waals surface area contributed by atoms with Gasteiger partial charge in [-0.15, -0.1) is 0 Å². The lowest BCUT2D eigenvalue weighted by Crippen LogP contribution is -2.51. The Hall–Kier alpha value is -1.46. The average Bonchev–Trinajstić information content (AvgIpc) is 2.24. The molecule has 0 saturated carbocycles. The molecular weight excluding hydrogens is 228 g/mol. The van der Waals surface area contributed by atoms with E-state index in [4.69, 9.17) is 11.6 Å². The monoisotopic (exact) mass is 236 g/mol. The highest BCUT2D eigenvalue weighted by Gasteiger charge is 2.27. The van der Waals surface area contributed by atoms with E-state index in [0.29, 0.717) is 23.8 Å². The average molecular weight is 237 g/mol. The van der Waals surface area contributed by atoms with Gasteiger partial charge in [-0.2, -0.15) is 0 Å². The van der Waals surface area contributed by atoms with Gasteiger partial charge in [0.25, 0.3) is 0 Å². The Kier molecular flexibility index (Phi) is 2.15. The number of hydrogen-bond acceptors (Lipinski definition) is 5. The molecule has 6 heteroatoms. The number of aliphatic hydroxyl groups excluding tert-OH is 1. The maximum atomic E-state index is 9.27. The molecule has 1 aliphatic rings. The third-order valence-electron chi connectivity index (χ3n) is 2.59. The third-order valence-corrected chi connectivity index (χ3v) is 2.80. The number of rotatable bonds is 1. The van der Waals surface area contributed by atoms with Gasteiger partial charge in [0.15, 0.2) is 5.82 Å². The SMILES string of the molecule is OC1CN(c2ncnc3ccc(Cl)nc23)C1. The number of fused-ring (bicyclic) bond motifs is 1. The lowest BCUT2D eigenvalue weighted by molar-refractivity contribution is 0.141. The fourth-order valence-corrected chi connectivity index (χ4v) is 1.91. The van der Waals surface area contributed by atoms with E-state index >= 15 is 0 Å². The number of anilines is 1. The highest BCUT2D eigenvalue weighted by molar-refractivity contribution is 6.29. The topological polar surface area (TPSA) is 62.1 Å². The Bertz CT molecular complexity index is 541. The molecule has 16 heavy (non-hydrogen) atoms. The molecule has 2 aromatic rings. The molecule has 0 radical (unpaired) electrons. The third kappa shape index (κ3) is 1.48. The Morgan fingerprint density at radius 3 is 2.88 bits per heavy atom. The van der Waals surface area contributed by atoms with Crippen molar-refractivity contribution >= 4 is 28.5 Å². The number of halogens is 1. The van der Waals surface area contributed by atoms with Crippen LogP contribution in [-0.2, 0) is 0 Å². The van der Waals surface area contributed by atoms with Crippen LogP contribution in [-0.4, -0.2) is 39.3 Å². The van der Waals surface area contributed by atoms with Crippen LogP contribution in [0.1, 0.15) is 0 Å². The van der Waals surface area contributed by atoms with Gasteiger partial charge in [-0.05, 0) is 12.1 Å². The smallest absolute Gasteiger partial charge is 0.158 e. The van der Waals surface area contributed by atoms with Crippen LogP contribution in [0.4, 0.5) is 5.82 Å². The van der Waals surface area contributed by atoms with Gasteiger partial charge >= 0.3 is 0 Å². The van der Waals surface area contributed by atoms with E-state index in [-0.39, 0.29) is 6.10 Å². The van der Waals surface area contributed by atoms with Gasteiger partial charge in [-0.1, -0.05) is 11.6 Å². The largest absolute Gasteiger partial charge is 0.389 e. The van der Waals surface area contributed by atoms with Crippen LogP contribution in [0, 0.1) is 0 Å². The molecule has 1 aliphatic heterocycles. The number of pyridine rings is 1. The number of aliphatic hydroxyl groups is 1. The van der Waals surface area contributed by atoms with Crippen LogP contribution in [0.5, 0.6) is 0 Å². The molecular formula is C10H9ClN4O. The minimum absolute atomic E-state index is 0.274. The highest BCUT2D eigenvalue weighted by Crippen LogP contribution is 2.25. The second kappa shape index (κ2) is 3.54. The summed E-state index contributed by atoms with van der Waals surface area (Å²) in [5.41, 5.74) is 1.44. The van der Waals surface area contributed by atoms with E-state index in [0.717, 1.165) is 11.3 Å². The number of hydrogen-bond donors (Lipinski definition) is 1. The van der Waals surface area contributed by atoms with Gasteiger partial charge in [0.1, 0.15) is 17.0 Å². The molecule has 0 aliphatic carbocycles. The van der Waals surface area contributed by atoms with Crippen molar-refractivity contribution in [1.29, 1.82) is 0 Å². The lowest BCUT2D eigenvalue weighted by Gasteiger charge is -2.36. The fourth-order valence-electron chi connectivity index (χ4n) is 1.76. The van der Waals surface area contributed by atoms with Crippen LogP contribution >= 0.6 is 11.6 Å². The van der Waals surface area contributed by atoms with Crippen molar-refractivity contribution in [2.45, 2.75) is 6.10 Å². The molecule has 0 spiro atoms. The molecule has 2 aromatic heterocycles. The minimum atomic E-state index is -0.274. The van der Waals surface area contributed by atoms with Crippen molar-refractivity contribution in [2.24, 2.45) is 0 Å². The summed E-state index contributed by atoms with van der Waals surface area (Å²) in [7, 11) is 0. The van der Waals surface area contributed by atoms with E-state index in [1.807, 2.05) is 11.0 Å². The summed E-state index contributed by atoms with van der Waals surface area (Å²) < 4.78 is 0. The van der Waals surface area contributed by atoms with Crippen LogP contribution in [0.2, 0.25) is 5.15 Å². The second-order valence-electron chi connectivity index (χ2n) is 3.76. The number of β-amino-alcohol motifs (C(OH)–C–C–N with tert-alkyl or cyclic N) is 1. The molecule has 1 N–H and O–H groups in total. The standard InChI is InChI=1S/C10H9ClN4O/c11-8-2-1-7-9(14-8)10(13-5-12-7)15-3-6(16)4-15/h1-2,5-6,16H,3-4H2. The van der Waals surface area contributed by atoms with Gasteiger partial charge in [0, 0.05) is 13.1 Å². The first-order valence-electron chi connectivity index (χ1n) is 4.94. The maximum absolute atomic E-state index is 9.27. The zero-order valence-corrected chi connectivity index (χ0v) is 9.09. The van der Waals surface area contributed by atoms with Crippen molar-refractivity contribution in [3.8, 4) is 0 Å². The Morgan fingerprint density at radius 1 is 1.31 bits per heavy atom. The summed E-state index contributed by atoms with van der Waals surface area (Å²) in [6.07, 6.45) is 1.22. The van der Waals surface area contributed by atoms with Crippen molar-refractivity contribution in [3.05, 3.63) is 23.6 Å². The lowest BCUT2D eigenvalue weighted by atomic mass is 10.1. The molecule has 0 atom stereocenters. The fraction of sp³-hybridized carbons (Fsp3) is 0.300. The van der Waals surface area contributed by atoms with Crippen molar-refractivity contribution in [1.82, 2.24) is 15.0 Å². The van der Waals surface area contributed by atoms with E-state index in [1.165, 1.54) is 6.33 Å². The quantitative estimate of drug-likeness (QED) is 0.744. The van der Waals surface area contributed by atoms with Gasteiger partial charge in [0.05, 0.1) is 11.6 Å². The zero-order chi connectivity index (χ0) is 11.1. The van der Waals surface area contributed by atoms with Gasteiger partial charge < -0.3 is 10.0 Å². The molecule has 0 bridgehead atoms. The summed E-state index contributed by atoms with van der Waals surface area (Å²) in [6.45, 7) is 1.17. The first-order chi connectivity index (χ1) is 7.74. The van der Waals surface area contributed by atoms with Crippen LogP contribution in [0.15, 0.2) is 18.5 Å². The zero-order valence-electron chi connectivity index (χ0n) is 8.34. The summed E-state index contributed by atoms with van der Waals surface area (Å²) in [5, 5.41) is 9.70. The predicted molar refractivity (Wildman–Crippen MR) is 60.6 cm³/mol.